The molecule has 3 aromatic rings. The van der Waals surface area contributed by atoms with Crippen LogP contribution in [0.15, 0.2) is 84.9 Å². The van der Waals surface area contributed by atoms with Crippen molar-refractivity contribution in [1.82, 2.24) is 0 Å². The molecule has 2 fully saturated rings. The van der Waals surface area contributed by atoms with E-state index in [1.54, 1.807) is 60.7 Å². The fraction of sp³-hybridized carbons (Fsp3) is 0.435. The summed E-state index contributed by atoms with van der Waals surface area (Å²) in [5.74, 6) is -6.61. The molecule has 2 saturated heterocycles. The van der Waals surface area contributed by atoms with Gasteiger partial charge in [0.1, 0.15) is 38.1 Å². The van der Waals surface area contributed by atoms with Crippen LogP contribution in [0, 0.1) is 0 Å². The summed E-state index contributed by atoms with van der Waals surface area (Å²) in [4.78, 5) is 101. The fourth-order valence-corrected chi connectivity index (χ4v) is 6.89. The summed E-state index contributed by atoms with van der Waals surface area (Å²) in [5.41, 5.74) is 1.49. The number of benzene rings is 3. The van der Waals surface area contributed by atoms with E-state index in [1.807, 2.05) is 0 Å². The number of ether oxygens (including phenoxy) is 12. The molecule has 0 unspecified atom stereocenters. The average molecular weight is 923 g/mol. The quantitative estimate of drug-likeness (QED) is 0.131. The third kappa shape index (κ3) is 14.6. The summed E-state index contributed by atoms with van der Waals surface area (Å²) in [6.07, 6.45) is -16.5. The second kappa shape index (κ2) is 24.0. The van der Waals surface area contributed by atoms with Crippen LogP contribution in [0.4, 0.5) is 0 Å². The third-order valence-electron chi connectivity index (χ3n) is 9.65. The summed E-state index contributed by atoms with van der Waals surface area (Å²) in [6.45, 7) is 5.13. The molecule has 10 atom stereocenters. The Morgan fingerprint density at radius 1 is 0.409 bits per heavy atom. The number of hydrogen-bond donors (Lipinski definition) is 0. The predicted octanol–water partition coefficient (Wildman–Crippen LogP) is 3.47. The van der Waals surface area contributed by atoms with Crippen LogP contribution in [0.5, 0.6) is 0 Å². The Balaban J connectivity index is 1.60. The SMILES string of the molecule is CC(=O)OCc1ccc(CO[C@@H]2O[C@H](COC(=O)c3ccccc3)[C@H](O[C@@H]3O[C@H](COC(C)=O)[C@@H](OC(C)=O)[C@H](OC(C)=O)[C@H]3OC(C)=O)[C@H](OC(C)=O)[C@H]2OC(=O)c2ccccc2)cc1. The Morgan fingerprint density at radius 3 is 1.36 bits per heavy atom. The van der Waals surface area contributed by atoms with Gasteiger partial charge in [0.05, 0.1) is 17.7 Å². The fourth-order valence-electron chi connectivity index (χ4n) is 6.89. The van der Waals surface area contributed by atoms with Crippen molar-refractivity contribution in [2.24, 2.45) is 0 Å². The normalized spacial score (nSPS) is 24.6. The monoisotopic (exact) mass is 922 g/mol. The molecule has 0 radical (unpaired) electrons. The molecule has 2 aliphatic rings. The van der Waals surface area contributed by atoms with Crippen LogP contribution in [-0.4, -0.2) is 122 Å². The van der Waals surface area contributed by atoms with E-state index in [0.29, 0.717) is 11.1 Å². The Morgan fingerprint density at radius 2 is 0.833 bits per heavy atom. The van der Waals surface area contributed by atoms with Crippen LogP contribution < -0.4 is 0 Å². The van der Waals surface area contributed by atoms with Crippen molar-refractivity contribution in [1.29, 1.82) is 0 Å². The second-order valence-electron chi connectivity index (χ2n) is 14.9. The molecule has 0 bridgehead atoms. The first kappa shape index (κ1) is 50.3. The number of carbonyl (C=O) groups is 8. The molecule has 20 heteroatoms. The smallest absolute Gasteiger partial charge is 0.338 e. The molecule has 0 aromatic heterocycles. The number of carbonyl (C=O) groups excluding carboxylic acids is 8. The van der Waals surface area contributed by atoms with Crippen molar-refractivity contribution in [3.63, 3.8) is 0 Å². The first-order valence-electron chi connectivity index (χ1n) is 20.6. The van der Waals surface area contributed by atoms with Crippen LogP contribution >= 0.6 is 0 Å². The zero-order valence-electron chi connectivity index (χ0n) is 36.8. The van der Waals surface area contributed by atoms with E-state index in [1.165, 1.54) is 31.2 Å². The minimum Gasteiger partial charge on any atom is -0.463 e. The highest BCUT2D eigenvalue weighted by atomic mass is 16.8. The van der Waals surface area contributed by atoms with E-state index >= 15 is 0 Å². The van der Waals surface area contributed by atoms with Crippen molar-refractivity contribution in [2.45, 2.75) is 116 Å². The van der Waals surface area contributed by atoms with Crippen LogP contribution in [0.1, 0.15) is 73.4 Å². The lowest BCUT2D eigenvalue weighted by Gasteiger charge is -2.48. The highest BCUT2D eigenvalue weighted by molar-refractivity contribution is 5.90. The van der Waals surface area contributed by atoms with Gasteiger partial charge in [-0.3, -0.25) is 28.8 Å². The minimum absolute atomic E-state index is 0.0219. The maximum absolute atomic E-state index is 13.8. The van der Waals surface area contributed by atoms with Gasteiger partial charge in [-0.05, 0) is 35.4 Å². The van der Waals surface area contributed by atoms with Gasteiger partial charge in [0, 0.05) is 41.5 Å². The standard InChI is InChI=1S/C46H50O20/c1-25(47)55-21-31-17-19-32(20-18-31)22-58-45-41(65-44(54)34-15-11-8-12-16-34)40(61-29(5)51)38(36(63-45)24-57-43(53)33-13-9-7-10-14-33)66-46-42(62-30(6)52)39(60-28(4)50)37(59-27(3)49)35(64-46)23-56-26(2)48/h7-20,35-42,45-46H,21-24H2,1-6H3/t35-,36-,37-,38+,39+,40+,41-,42-,45-,46+/m1/s1. The van der Waals surface area contributed by atoms with Crippen LogP contribution in [-0.2, 0) is 98.8 Å². The lowest BCUT2D eigenvalue weighted by atomic mass is 9.96. The van der Waals surface area contributed by atoms with Gasteiger partial charge in [-0.25, -0.2) is 9.59 Å². The van der Waals surface area contributed by atoms with Crippen molar-refractivity contribution < 1.29 is 95.2 Å². The lowest BCUT2D eigenvalue weighted by Crippen LogP contribution is -2.67. The molecule has 354 valence electrons. The Labute approximate surface area is 378 Å². The molecule has 0 spiro atoms. The van der Waals surface area contributed by atoms with Crippen molar-refractivity contribution in [3.05, 3.63) is 107 Å². The zero-order chi connectivity index (χ0) is 47.9. The number of rotatable bonds is 18. The van der Waals surface area contributed by atoms with Gasteiger partial charge < -0.3 is 56.8 Å². The van der Waals surface area contributed by atoms with Gasteiger partial charge >= 0.3 is 47.8 Å². The Bertz CT molecular complexity index is 2160. The number of esters is 8. The molecular weight excluding hydrogens is 872 g/mol. The molecule has 0 N–H and O–H groups in total. The van der Waals surface area contributed by atoms with Gasteiger partial charge in [-0.15, -0.1) is 0 Å². The molecule has 66 heavy (non-hydrogen) atoms. The number of hydrogen-bond acceptors (Lipinski definition) is 20. The van der Waals surface area contributed by atoms with Crippen LogP contribution in [0.25, 0.3) is 0 Å². The van der Waals surface area contributed by atoms with E-state index in [4.69, 9.17) is 56.8 Å². The molecule has 5 rings (SSSR count). The van der Waals surface area contributed by atoms with Crippen molar-refractivity contribution in [3.8, 4) is 0 Å². The van der Waals surface area contributed by atoms with Gasteiger partial charge in [0.2, 0.25) is 0 Å². The predicted molar refractivity (Wildman–Crippen MR) is 220 cm³/mol. The minimum atomic E-state index is -1.88. The highest BCUT2D eigenvalue weighted by Gasteiger charge is 2.58. The summed E-state index contributed by atoms with van der Waals surface area (Å²) >= 11 is 0. The largest absolute Gasteiger partial charge is 0.463 e. The summed E-state index contributed by atoms with van der Waals surface area (Å²) < 4.78 is 70.0. The van der Waals surface area contributed by atoms with E-state index < -0.39 is 122 Å². The maximum Gasteiger partial charge on any atom is 0.338 e. The summed E-state index contributed by atoms with van der Waals surface area (Å²) in [7, 11) is 0. The Hall–Kier alpha value is -6.74. The molecule has 2 heterocycles. The second-order valence-corrected chi connectivity index (χ2v) is 14.9. The van der Waals surface area contributed by atoms with E-state index in [9.17, 15) is 38.4 Å². The first-order chi connectivity index (χ1) is 31.5. The molecule has 20 nitrogen and oxygen atoms in total. The molecule has 0 aliphatic carbocycles. The summed E-state index contributed by atoms with van der Waals surface area (Å²) in [5, 5.41) is 0. The molecular formula is C46H50O20. The lowest BCUT2D eigenvalue weighted by molar-refractivity contribution is -0.360. The van der Waals surface area contributed by atoms with Gasteiger partial charge in [0.15, 0.2) is 43.1 Å². The molecule has 2 aliphatic heterocycles. The third-order valence-corrected chi connectivity index (χ3v) is 9.65. The van der Waals surface area contributed by atoms with Crippen molar-refractivity contribution >= 4 is 47.8 Å². The van der Waals surface area contributed by atoms with Crippen LogP contribution in [0.3, 0.4) is 0 Å². The van der Waals surface area contributed by atoms with E-state index in [0.717, 1.165) is 34.6 Å². The maximum atomic E-state index is 13.8. The topological polar surface area (TPSA) is 247 Å². The van der Waals surface area contributed by atoms with E-state index in [-0.39, 0.29) is 24.3 Å². The zero-order valence-corrected chi connectivity index (χ0v) is 36.8. The summed E-state index contributed by atoms with van der Waals surface area (Å²) in [6, 6.07) is 22.5. The molecule has 0 amide bonds. The van der Waals surface area contributed by atoms with E-state index in [2.05, 4.69) is 0 Å². The average Bonchev–Trinajstić information content (AvgIpc) is 3.27. The molecule has 0 saturated carbocycles. The molecule has 3 aromatic carbocycles. The van der Waals surface area contributed by atoms with Gasteiger partial charge in [0.25, 0.3) is 0 Å². The van der Waals surface area contributed by atoms with Crippen LogP contribution in [0.2, 0.25) is 0 Å². The highest BCUT2D eigenvalue weighted by Crippen LogP contribution is 2.36. The Kier molecular flexibility index (Phi) is 18.3. The first-order valence-corrected chi connectivity index (χ1v) is 20.6. The van der Waals surface area contributed by atoms with Gasteiger partial charge in [-0.2, -0.15) is 0 Å². The van der Waals surface area contributed by atoms with Gasteiger partial charge in [-0.1, -0.05) is 60.7 Å². The van der Waals surface area contributed by atoms with Crippen molar-refractivity contribution in [2.75, 3.05) is 13.2 Å².